The van der Waals surface area contributed by atoms with E-state index >= 15 is 0 Å². The van der Waals surface area contributed by atoms with E-state index in [0.717, 1.165) is 6.54 Å². The molecule has 1 aromatic rings. The summed E-state index contributed by atoms with van der Waals surface area (Å²) in [5.41, 5.74) is 6.37. The van der Waals surface area contributed by atoms with Crippen molar-refractivity contribution in [3.63, 3.8) is 0 Å². The second-order valence-electron chi connectivity index (χ2n) is 4.28. The first kappa shape index (κ1) is 11.6. The Hall–Kier alpha value is -0.930. The van der Waals surface area contributed by atoms with Crippen LogP contribution in [0, 0.1) is 0 Å². The molecule has 0 unspecified atom stereocenters. The van der Waals surface area contributed by atoms with Crippen LogP contribution in [0.1, 0.15) is 12.8 Å². The standard InChI is InChI=1S/C12H17ClN2O/c1-15-6-2-3-10(15)8-16-12-7-9(14)4-5-11(12)13/h4-5,7,10H,2-3,6,8,14H2,1H3/t10-/m0/s1. The third-order valence-electron chi connectivity index (χ3n) is 3.06. The van der Waals surface area contributed by atoms with E-state index in [1.54, 1.807) is 18.2 Å². The number of benzene rings is 1. The SMILES string of the molecule is CN1CCC[C@H]1COc1cc(N)ccc1Cl. The molecule has 1 aliphatic rings. The number of anilines is 1. The van der Waals surface area contributed by atoms with Crippen LogP contribution in [0.5, 0.6) is 5.75 Å². The lowest BCUT2D eigenvalue weighted by Gasteiger charge is -2.20. The molecule has 16 heavy (non-hydrogen) atoms. The van der Waals surface area contributed by atoms with E-state index in [9.17, 15) is 0 Å². The van der Waals surface area contributed by atoms with Crippen molar-refractivity contribution in [1.82, 2.24) is 4.90 Å². The molecule has 0 radical (unpaired) electrons. The van der Waals surface area contributed by atoms with E-state index in [0.29, 0.717) is 29.1 Å². The lowest BCUT2D eigenvalue weighted by Crippen LogP contribution is -2.30. The zero-order valence-corrected chi connectivity index (χ0v) is 10.2. The Kier molecular flexibility index (Phi) is 3.56. The molecule has 0 spiro atoms. The summed E-state index contributed by atoms with van der Waals surface area (Å²) < 4.78 is 5.72. The summed E-state index contributed by atoms with van der Waals surface area (Å²) in [7, 11) is 2.13. The Labute approximate surface area is 101 Å². The van der Waals surface area contributed by atoms with Crippen molar-refractivity contribution in [2.45, 2.75) is 18.9 Å². The van der Waals surface area contributed by atoms with E-state index in [1.807, 2.05) is 0 Å². The van der Waals surface area contributed by atoms with Crippen LogP contribution < -0.4 is 10.5 Å². The Bertz CT molecular complexity index is 370. The summed E-state index contributed by atoms with van der Waals surface area (Å²) in [6, 6.07) is 5.82. The van der Waals surface area contributed by atoms with E-state index in [2.05, 4.69) is 11.9 Å². The molecule has 0 amide bonds. The van der Waals surface area contributed by atoms with Crippen molar-refractivity contribution in [3.05, 3.63) is 23.2 Å². The van der Waals surface area contributed by atoms with Gasteiger partial charge in [-0.15, -0.1) is 0 Å². The molecule has 1 heterocycles. The summed E-state index contributed by atoms with van der Waals surface area (Å²) in [5, 5.41) is 0.620. The molecule has 2 rings (SSSR count). The van der Waals surface area contributed by atoms with Crippen molar-refractivity contribution in [1.29, 1.82) is 0 Å². The molecule has 1 aromatic carbocycles. The van der Waals surface area contributed by atoms with Gasteiger partial charge in [0, 0.05) is 17.8 Å². The van der Waals surface area contributed by atoms with E-state index in [-0.39, 0.29) is 0 Å². The summed E-state index contributed by atoms with van der Waals surface area (Å²) in [6.45, 7) is 1.83. The first-order chi connectivity index (χ1) is 7.66. The molecule has 1 aliphatic heterocycles. The number of likely N-dealkylation sites (N-methyl/N-ethyl adjacent to an activating group) is 1. The second-order valence-corrected chi connectivity index (χ2v) is 4.68. The van der Waals surface area contributed by atoms with E-state index in [1.165, 1.54) is 12.8 Å². The largest absolute Gasteiger partial charge is 0.490 e. The fraction of sp³-hybridized carbons (Fsp3) is 0.500. The van der Waals surface area contributed by atoms with Crippen molar-refractivity contribution < 1.29 is 4.74 Å². The van der Waals surface area contributed by atoms with E-state index < -0.39 is 0 Å². The molecule has 0 aliphatic carbocycles. The molecule has 1 fully saturated rings. The first-order valence-electron chi connectivity index (χ1n) is 5.55. The zero-order valence-electron chi connectivity index (χ0n) is 9.45. The minimum absolute atomic E-state index is 0.498. The van der Waals surface area contributed by atoms with Crippen LogP contribution >= 0.6 is 11.6 Å². The van der Waals surface area contributed by atoms with Crippen molar-refractivity contribution >= 4 is 17.3 Å². The molecular weight excluding hydrogens is 224 g/mol. The second kappa shape index (κ2) is 4.93. The Morgan fingerprint density at radius 1 is 1.56 bits per heavy atom. The lowest BCUT2D eigenvalue weighted by atomic mass is 10.2. The lowest BCUT2D eigenvalue weighted by molar-refractivity contribution is 0.198. The number of hydrogen-bond donors (Lipinski definition) is 1. The molecule has 1 atom stereocenters. The van der Waals surface area contributed by atoms with E-state index in [4.69, 9.17) is 22.1 Å². The molecule has 1 saturated heterocycles. The molecule has 4 heteroatoms. The van der Waals surface area contributed by atoms with Crippen LogP contribution in [0.25, 0.3) is 0 Å². The van der Waals surface area contributed by atoms with Crippen LogP contribution in [0.2, 0.25) is 5.02 Å². The molecule has 0 aromatic heterocycles. The molecular formula is C12H17ClN2O. The number of nitrogens with two attached hydrogens (primary N) is 1. The first-order valence-corrected chi connectivity index (χ1v) is 5.92. The summed E-state index contributed by atoms with van der Waals surface area (Å²) in [5.74, 6) is 0.682. The number of likely N-dealkylation sites (tertiary alicyclic amines) is 1. The Morgan fingerprint density at radius 3 is 3.06 bits per heavy atom. The number of nitrogen functional groups attached to an aromatic ring is 1. The summed E-state index contributed by atoms with van der Waals surface area (Å²) in [4.78, 5) is 2.32. The van der Waals surface area contributed by atoms with Gasteiger partial charge in [-0.3, -0.25) is 0 Å². The zero-order chi connectivity index (χ0) is 11.5. The highest BCUT2D eigenvalue weighted by Gasteiger charge is 2.21. The molecule has 2 N–H and O–H groups in total. The minimum Gasteiger partial charge on any atom is -0.490 e. The number of nitrogens with zero attached hydrogens (tertiary/aromatic N) is 1. The minimum atomic E-state index is 0.498. The normalized spacial score (nSPS) is 21.2. The van der Waals surface area contributed by atoms with Gasteiger partial charge in [0.05, 0.1) is 5.02 Å². The van der Waals surface area contributed by atoms with Crippen molar-refractivity contribution in [2.24, 2.45) is 0 Å². The van der Waals surface area contributed by atoms with Crippen molar-refractivity contribution in [3.8, 4) is 5.75 Å². The van der Waals surface area contributed by atoms with Gasteiger partial charge in [-0.1, -0.05) is 11.6 Å². The highest BCUT2D eigenvalue weighted by Crippen LogP contribution is 2.27. The maximum atomic E-state index is 6.02. The van der Waals surface area contributed by atoms with Gasteiger partial charge in [0.25, 0.3) is 0 Å². The molecule has 88 valence electrons. The fourth-order valence-corrected chi connectivity index (χ4v) is 2.18. The average molecular weight is 241 g/mol. The van der Waals surface area contributed by atoms with Crippen LogP contribution in [-0.2, 0) is 0 Å². The Morgan fingerprint density at radius 2 is 2.38 bits per heavy atom. The number of hydrogen-bond acceptors (Lipinski definition) is 3. The van der Waals surface area contributed by atoms with Crippen LogP contribution in [0.15, 0.2) is 18.2 Å². The van der Waals surface area contributed by atoms with Crippen LogP contribution in [0.4, 0.5) is 5.69 Å². The number of ether oxygens (including phenoxy) is 1. The van der Waals surface area contributed by atoms with Gasteiger partial charge in [0.1, 0.15) is 12.4 Å². The van der Waals surface area contributed by atoms with Crippen LogP contribution in [-0.4, -0.2) is 31.1 Å². The maximum absolute atomic E-state index is 6.02. The predicted octanol–water partition coefficient (Wildman–Crippen LogP) is 2.40. The van der Waals surface area contributed by atoms with Gasteiger partial charge >= 0.3 is 0 Å². The maximum Gasteiger partial charge on any atom is 0.140 e. The van der Waals surface area contributed by atoms with Gasteiger partial charge in [-0.05, 0) is 38.6 Å². The smallest absolute Gasteiger partial charge is 0.140 e. The van der Waals surface area contributed by atoms with Gasteiger partial charge in [-0.2, -0.15) is 0 Å². The van der Waals surface area contributed by atoms with Crippen LogP contribution in [0.3, 0.4) is 0 Å². The number of rotatable bonds is 3. The Balaban J connectivity index is 1.96. The third kappa shape index (κ3) is 2.60. The highest BCUT2D eigenvalue weighted by atomic mass is 35.5. The number of halogens is 1. The topological polar surface area (TPSA) is 38.5 Å². The van der Waals surface area contributed by atoms with Gasteiger partial charge in [-0.25, -0.2) is 0 Å². The molecule has 0 saturated carbocycles. The van der Waals surface area contributed by atoms with Gasteiger partial charge < -0.3 is 15.4 Å². The molecule has 0 bridgehead atoms. The summed E-state index contributed by atoms with van der Waals surface area (Å²) in [6.07, 6.45) is 2.44. The molecule has 3 nitrogen and oxygen atoms in total. The predicted molar refractivity (Wildman–Crippen MR) is 67.0 cm³/mol. The third-order valence-corrected chi connectivity index (χ3v) is 3.37. The summed E-state index contributed by atoms with van der Waals surface area (Å²) >= 11 is 6.02. The highest BCUT2D eigenvalue weighted by molar-refractivity contribution is 6.32. The average Bonchev–Trinajstić information content (AvgIpc) is 2.66. The fourth-order valence-electron chi connectivity index (χ4n) is 2.01. The quantitative estimate of drug-likeness (QED) is 0.825. The monoisotopic (exact) mass is 240 g/mol. The van der Waals surface area contributed by atoms with Gasteiger partial charge in [0.15, 0.2) is 0 Å². The van der Waals surface area contributed by atoms with Crippen molar-refractivity contribution in [2.75, 3.05) is 25.9 Å². The van der Waals surface area contributed by atoms with Gasteiger partial charge in [0.2, 0.25) is 0 Å².